The predicted octanol–water partition coefficient (Wildman–Crippen LogP) is 3.35. The second kappa shape index (κ2) is 6.62. The number of aromatic hydroxyl groups is 1. The number of amides is 2. The lowest BCUT2D eigenvalue weighted by Crippen LogP contribution is -2.29. The molecule has 0 spiro atoms. The van der Waals surface area contributed by atoms with Crippen molar-refractivity contribution in [2.45, 2.75) is 13.8 Å². The Morgan fingerprint density at radius 2 is 1.55 bits per heavy atom. The molecule has 0 fully saturated rings. The molecule has 6 heteroatoms. The predicted molar refractivity (Wildman–Crippen MR) is 89.0 cm³/mol. The first kappa shape index (κ1) is 16.0. The van der Waals surface area contributed by atoms with Crippen LogP contribution in [-0.4, -0.2) is 16.9 Å². The van der Waals surface area contributed by atoms with Crippen molar-refractivity contribution in [1.82, 2.24) is 0 Å². The minimum absolute atomic E-state index is 0.0824. The van der Waals surface area contributed by atoms with Crippen LogP contribution in [-0.2, 0) is 9.59 Å². The molecule has 2 aromatic rings. The van der Waals surface area contributed by atoms with E-state index in [-0.39, 0.29) is 11.4 Å². The molecule has 0 radical (unpaired) electrons. The molecule has 22 heavy (non-hydrogen) atoms. The van der Waals surface area contributed by atoms with Crippen LogP contribution < -0.4 is 10.6 Å². The van der Waals surface area contributed by atoms with Crippen molar-refractivity contribution in [3.05, 3.63) is 52.0 Å². The number of nitrogens with one attached hydrogen (secondary N) is 2. The van der Waals surface area contributed by atoms with Gasteiger partial charge in [-0.3, -0.25) is 9.59 Å². The maximum absolute atomic E-state index is 11.9. The van der Waals surface area contributed by atoms with Gasteiger partial charge in [-0.1, -0.05) is 22.0 Å². The summed E-state index contributed by atoms with van der Waals surface area (Å²) in [5.41, 5.74) is 2.42. The number of carbonyl (C=O) groups excluding carboxylic acids is 2. The summed E-state index contributed by atoms with van der Waals surface area (Å²) in [4.78, 5) is 23.8. The van der Waals surface area contributed by atoms with Gasteiger partial charge in [0.15, 0.2) is 0 Å². The molecule has 0 aliphatic carbocycles. The fourth-order valence-corrected chi connectivity index (χ4v) is 2.35. The van der Waals surface area contributed by atoms with Crippen molar-refractivity contribution in [3.63, 3.8) is 0 Å². The minimum atomic E-state index is -0.846. The SMILES string of the molecule is Cc1ccc(NC(=O)C(=O)Nc2ccc(Br)cc2C)c(O)c1. The third kappa shape index (κ3) is 3.85. The Balaban J connectivity index is 2.07. The van der Waals surface area contributed by atoms with Crippen LogP contribution in [0.25, 0.3) is 0 Å². The van der Waals surface area contributed by atoms with Crippen molar-refractivity contribution < 1.29 is 14.7 Å². The van der Waals surface area contributed by atoms with Crippen molar-refractivity contribution >= 4 is 39.1 Å². The van der Waals surface area contributed by atoms with E-state index < -0.39 is 11.8 Å². The van der Waals surface area contributed by atoms with Gasteiger partial charge in [0, 0.05) is 10.2 Å². The molecule has 0 aliphatic rings. The Hall–Kier alpha value is -2.34. The highest BCUT2D eigenvalue weighted by Gasteiger charge is 2.16. The molecule has 0 saturated carbocycles. The molecular weight excluding hydrogens is 348 g/mol. The molecule has 0 bridgehead atoms. The lowest BCUT2D eigenvalue weighted by Gasteiger charge is -2.10. The molecule has 0 aromatic heterocycles. The summed E-state index contributed by atoms with van der Waals surface area (Å²) in [6, 6.07) is 10.1. The maximum atomic E-state index is 11.9. The molecule has 5 nitrogen and oxygen atoms in total. The molecule has 2 aromatic carbocycles. The zero-order chi connectivity index (χ0) is 16.3. The molecule has 0 heterocycles. The van der Waals surface area contributed by atoms with Crippen LogP contribution in [0.3, 0.4) is 0 Å². The van der Waals surface area contributed by atoms with E-state index in [1.807, 2.05) is 19.9 Å². The van der Waals surface area contributed by atoms with Gasteiger partial charge in [-0.25, -0.2) is 0 Å². The van der Waals surface area contributed by atoms with Crippen molar-refractivity contribution in [3.8, 4) is 5.75 Å². The van der Waals surface area contributed by atoms with Crippen LogP contribution in [0, 0.1) is 13.8 Å². The molecule has 0 aliphatic heterocycles. The highest BCUT2D eigenvalue weighted by Crippen LogP contribution is 2.24. The topological polar surface area (TPSA) is 78.4 Å². The summed E-state index contributed by atoms with van der Waals surface area (Å²) >= 11 is 3.33. The number of benzene rings is 2. The Bertz CT molecular complexity index is 681. The van der Waals surface area contributed by atoms with E-state index in [0.717, 1.165) is 15.6 Å². The number of halogens is 1. The highest BCUT2D eigenvalue weighted by molar-refractivity contribution is 9.10. The van der Waals surface area contributed by atoms with Crippen LogP contribution in [0.15, 0.2) is 40.9 Å². The molecule has 114 valence electrons. The van der Waals surface area contributed by atoms with E-state index in [1.54, 1.807) is 24.3 Å². The van der Waals surface area contributed by atoms with E-state index in [0.29, 0.717) is 5.69 Å². The van der Waals surface area contributed by atoms with Crippen molar-refractivity contribution in [1.29, 1.82) is 0 Å². The molecule has 2 amide bonds. The fraction of sp³-hybridized carbons (Fsp3) is 0.125. The molecule has 2 rings (SSSR count). The zero-order valence-electron chi connectivity index (χ0n) is 12.1. The monoisotopic (exact) mass is 362 g/mol. The average molecular weight is 363 g/mol. The van der Waals surface area contributed by atoms with Gasteiger partial charge < -0.3 is 15.7 Å². The van der Waals surface area contributed by atoms with E-state index in [1.165, 1.54) is 6.07 Å². The van der Waals surface area contributed by atoms with Crippen molar-refractivity contribution in [2.75, 3.05) is 10.6 Å². The largest absolute Gasteiger partial charge is 0.506 e. The van der Waals surface area contributed by atoms with Gasteiger partial charge in [0.25, 0.3) is 0 Å². The number of anilines is 2. The number of rotatable bonds is 2. The van der Waals surface area contributed by atoms with Crippen LogP contribution >= 0.6 is 15.9 Å². The molecule has 0 unspecified atom stereocenters. The minimum Gasteiger partial charge on any atom is -0.506 e. The summed E-state index contributed by atoms with van der Waals surface area (Å²) in [5.74, 6) is -1.73. The third-order valence-corrected chi connectivity index (χ3v) is 3.54. The number of phenols is 1. The lowest BCUT2D eigenvalue weighted by molar-refractivity contribution is -0.133. The number of phenolic OH excluding ortho intramolecular Hbond substituents is 1. The van der Waals surface area contributed by atoms with Gasteiger partial charge in [0.05, 0.1) is 5.69 Å². The van der Waals surface area contributed by atoms with Gasteiger partial charge in [0.1, 0.15) is 5.75 Å². The normalized spacial score (nSPS) is 10.1. The lowest BCUT2D eigenvalue weighted by atomic mass is 10.2. The Morgan fingerprint density at radius 1 is 0.955 bits per heavy atom. The summed E-state index contributed by atoms with van der Waals surface area (Å²) in [6.45, 7) is 3.64. The standard InChI is InChI=1S/C16H15BrN2O3/c1-9-3-5-13(14(20)7-9)19-16(22)15(21)18-12-6-4-11(17)8-10(12)2/h3-8,20H,1-2H3,(H,18,21)(H,19,22). The maximum Gasteiger partial charge on any atom is 0.314 e. The summed E-state index contributed by atoms with van der Waals surface area (Å²) in [7, 11) is 0. The van der Waals surface area contributed by atoms with Crippen LogP contribution in [0.5, 0.6) is 5.75 Å². The number of hydrogen-bond acceptors (Lipinski definition) is 3. The number of carbonyl (C=O) groups is 2. The van der Waals surface area contributed by atoms with Gasteiger partial charge in [-0.15, -0.1) is 0 Å². The Morgan fingerprint density at radius 3 is 2.14 bits per heavy atom. The Kier molecular flexibility index (Phi) is 4.82. The third-order valence-electron chi connectivity index (χ3n) is 3.04. The first-order chi connectivity index (χ1) is 10.4. The summed E-state index contributed by atoms with van der Waals surface area (Å²) in [5, 5.41) is 14.6. The van der Waals surface area contributed by atoms with Gasteiger partial charge >= 0.3 is 11.8 Å². The second-order valence-corrected chi connectivity index (χ2v) is 5.80. The molecule has 3 N–H and O–H groups in total. The molecular formula is C16H15BrN2O3. The van der Waals surface area contributed by atoms with Crippen LogP contribution in [0.1, 0.15) is 11.1 Å². The molecule has 0 saturated heterocycles. The van der Waals surface area contributed by atoms with Gasteiger partial charge in [-0.05, 0) is 55.3 Å². The van der Waals surface area contributed by atoms with E-state index in [4.69, 9.17) is 0 Å². The van der Waals surface area contributed by atoms with E-state index >= 15 is 0 Å². The first-order valence-corrected chi connectivity index (χ1v) is 7.34. The summed E-state index contributed by atoms with van der Waals surface area (Å²) in [6.07, 6.45) is 0. The van der Waals surface area contributed by atoms with Crippen LogP contribution in [0.2, 0.25) is 0 Å². The number of hydrogen-bond donors (Lipinski definition) is 3. The van der Waals surface area contributed by atoms with Gasteiger partial charge in [0.2, 0.25) is 0 Å². The quantitative estimate of drug-likeness (QED) is 0.566. The Labute approximate surface area is 136 Å². The van der Waals surface area contributed by atoms with E-state index in [2.05, 4.69) is 26.6 Å². The van der Waals surface area contributed by atoms with Crippen LogP contribution in [0.4, 0.5) is 11.4 Å². The smallest absolute Gasteiger partial charge is 0.314 e. The zero-order valence-corrected chi connectivity index (χ0v) is 13.7. The second-order valence-electron chi connectivity index (χ2n) is 4.89. The van der Waals surface area contributed by atoms with Crippen molar-refractivity contribution in [2.24, 2.45) is 0 Å². The van der Waals surface area contributed by atoms with Gasteiger partial charge in [-0.2, -0.15) is 0 Å². The first-order valence-electron chi connectivity index (χ1n) is 6.55. The summed E-state index contributed by atoms with van der Waals surface area (Å²) < 4.78 is 0.886. The fourth-order valence-electron chi connectivity index (χ4n) is 1.87. The highest BCUT2D eigenvalue weighted by atomic mass is 79.9. The molecule has 0 atom stereocenters. The van der Waals surface area contributed by atoms with E-state index in [9.17, 15) is 14.7 Å². The average Bonchev–Trinajstić information content (AvgIpc) is 2.44. The number of aryl methyl sites for hydroxylation is 2.